The van der Waals surface area contributed by atoms with Gasteiger partial charge in [0.1, 0.15) is 0 Å². The molecule has 0 unspecified atom stereocenters. The first-order valence-electron chi connectivity index (χ1n) is 9.28. The molecule has 1 aromatic rings. The maximum Gasteiger partial charge on any atom is 0.243 e. The molecule has 26 heavy (non-hydrogen) atoms. The van der Waals surface area contributed by atoms with E-state index >= 15 is 0 Å². The molecular formula is C19H28N2O4S. The van der Waals surface area contributed by atoms with Gasteiger partial charge in [-0.2, -0.15) is 4.31 Å². The van der Waals surface area contributed by atoms with Crippen LogP contribution in [0.15, 0.2) is 29.2 Å². The van der Waals surface area contributed by atoms with E-state index in [1.807, 2.05) is 30.9 Å². The Hall–Kier alpha value is -1.44. The number of morpholine rings is 1. The Morgan fingerprint density at radius 1 is 1.12 bits per heavy atom. The Labute approximate surface area is 156 Å². The third-order valence-electron chi connectivity index (χ3n) is 5.20. The molecule has 2 fully saturated rings. The van der Waals surface area contributed by atoms with Gasteiger partial charge >= 0.3 is 0 Å². The van der Waals surface area contributed by atoms with Crippen LogP contribution in [0.4, 0.5) is 0 Å². The van der Waals surface area contributed by atoms with Crippen LogP contribution in [-0.4, -0.2) is 61.9 Å². The highest BCUT2D eigenvalue weighted by atomic mass is 32.2. The summed E-state index contributed by atoms with van der Waals surface area (Å²) in [4.78, 5) is 14.8. The Morgan fingerprint density at radius 2 is 1.77 bits per heavy atom. The van der Waals surface area contributed by atoms with Crippen molar-refractivity contribution in [2.24, 2.45) is 0 Å². The van der Waals surface area contributed by atoms with Crippen molar-refractivity contribution in [1.29, 1.82) is 0 Å². The average molecular weight is 381 g/mol. The molecule has 2 saturated heterocycles. The number of ether oxygens (including phenoxy) is 1. The van der Waals surface area contributed by atoms with E-state index in [9.17, 15) is 13.2 Å². The predicted octanol–water partition coefficient (Wildman–Crippen LogP) is 2.04. The minimum Gasteiger partial charge on any atom is -0.377 e. The lowest BCUT2D eigenvalue weighted by molar-refractivity contribution is -0.146. The molecule has 144 valence electrons. The number of nitrogens with zero attached hydrogens (tertiary/aromatic N) is 2. The van der Waals surface area contributed by atoms with Gasteiger partial charge in [-0.25, -0.2) is 8.42 Å². The van der Waals surface area contributed by atoms with Crippen molar-refractivity contribution in [3.8, 4) is 0 Å². The van der Waals surface area contributed by atoms with Crippen molar-refractivity contribution in [2.75, 3.05) is 32.8 Å². The Kier molecular flexibility index (Phi) is 5.69. The van der Waals surface area contributed by atoms with Gasteiger partial charge in [-0.15, -0.1) is 0 Å². The van der Waals surface area contributed by atoms with Gasteiger partial charge in [-0.05, 0) is 50.8 Å². The second kappa shape index (κ2) is 7.66. The fourth-order valence-corrected chi connectivity index (χ4v) is 5.13. The molecule has 2 aliphatic rings. The first kappa shape index (κ1) is 19.3. The summed E-state index contributed by atoms with van der Waals surface area (Å²) in [7, 11) is -3.37. The van der Waals surface area contributed by atoms with Crippen LogP contribution in [0, 0.1) is 0 Å². The number of carbonyl (C=O) groups is 1. The summed E-state index contributed by atoms with van der Waals surface area (Å²) in [6, 6.07) is 6.96. The van der Waals surface area contributed by atoms with Gasteiger partial charge in [0.2, 0.25) is 15.9 Å². The van der Waals surface area contributed by atoms with Gasteiger partial charge in [0.15, 0.2) is 0 Å². The number of aryl methyl sites for hydroxylation is 1. The Bertz CT molecular complexity index is 737. The zero-order chi connectivity index (χ0) is 18.8. The second-order valence-corrected chi connectivity index (χ2v) is 9.60. The highest BCUT2D eigenvalue weighted by Crippen LogP contribution is 2.23. The van der Waals surface area contributed by atoms with E-state index in [0.717, 1.165) is 18.4 Å². The maximum atomic E-state index is 12.6. The van der Waals surface area contributed by atoms with Crippen LogP contribution < -0.4 is 0 Å². The van der Waals surface area contributed by atoms with E-state index < -0.39 is 10.0 Å². The summed E-state index contributed by atoms with van der Waals surface area (Å²) < 4.78 is 32.1. The highest BCUT2D eigenvalue weighted by molar-refractivity contribution is 7.89. The van der Waals surface area contributed by atoms with E-state index in [1.54, 1.807) is 16.4 Å². The standard InChI is InChI=1S/C19H28N2O4S/c1-19(2)15-25-14-13-21(19)18(22)10-7-16-5-8-17(9-6-16)26(23,24)20-11-3-4-12-20/h5-6,8-9H,3-4,7,10-15H2,1-2H3. The van der Waals surface area contributed by atoms with E-state index in [2.05, 4.69) is 0 Å². The van der Waals surface area contributed by atoms with Gasteiger partial charge in [-0.3, -0.25) is 4.79 Å². The van der Waals surface area contributed by atoms with Crippen LogP contribution in [0.25, 0.3) is 0 Å². The molecule has 0 saturated carbocycles. The van der Waals surface area contributed by atoms with E-state index in [1.165, 1.54) is 0 Å². The first-order valence-corrected chi connectivity index (χ1v) is 10.7. The third kappa shape index (κ3) is 4.10. The quantitative estimate of drug-likeness (QED) is 0.784. The van der Waals surface area contributed by atoms with E-state index in [0.29, 0.717) is 50.6 Å². The topological polar surface area (TPSA) is 66.9 Å². The van der Waals surface area contributed by atoms with Crippen LogP contribution in [0.1, 0.15) is 38.7 Å². The maximum absolute atomic E-state index is 12.6. The van der Waals surface area contributed by atoms with Crippen molar-refractivity contribution in [3.05, 3.63) is 29.8 Å². The molecule has 0 spiro atoms. The van der Waals surface area contributed by atoms with Crippen LogP contribution in [0.3, 0.4) is 0 Å². The summed E-state index contributed by atoms with van der Waals surface area (Å²) in [5.41, 5.74) is 0.702. The third-order valence-corrected chi connectivity index (χ3v) is 7.11. The Morgan fingerprint density at radius 3 is 2.38 bits per heavy atom. The summed E-state index contributed by atoms with van der Waals surface area (Å²) in [6.45, 7) is 7.00. The number of carbonyl (C=O) groups excluding carboxylic acids is 1. The molecule has 0 aliphatic carbocycles. The van der Waals surface area contributed by atoms with Crippen LogP contribution in [-0.2, 0) is 26.0 Å². The van der Waals surface area contributed by atoms with Crippen molar-refractivity contribution < 1.29 is 17.9 Å². The molecule has 6 nitrogen and oxygen atoms in total. The highest BCUT2D eigenvalue weighted by Gasteiger charge is 2.33. The van der Waals surface area contributed by atoms with Crippen molar-refractivity contribution in [3.63, 3.8) is 0 Å². The van der Waals surface area contributed by atoms with Crippen LogP contribution >= 0.6 is 0 Å². The number of sulfonamides is 1. The molecule has 3 rings (SSSR count). The molecule has 7 heteroatoms. The smallest absolute Gasteiger partial charge is 0.243 e. The van der Waals surface area contributed by atoms with Gasteiger partial charge in [0.25, 0.3) is 0 Å². The fraction of sp³-hybridized carbons (Fsp3) is 0.632. The molecule has 0 atom stereocenters. The molecule has 1 aromatic carbocycles. The summed E-state index contributed by atoms with van der Waals surface area (Å²) in [5, 5.41) is 0. The summed E-state index contributed by atoms with van der Waals surface area (Å²) in [5.74, 6) is 0.118. The lowest BCUT2D eigenvalue weighted by Gasteiger charge is -2.42. The SMILES string of the molecule is CC1(C)COCCN1C(=O)CCc1ccc(S(=O)(=O)N2CCCC2)cc1. The van der Waals surface area contributed by atoms with Gasteiger partial charge in [0.05, 0.1) is 23.6 Å². The normalized spacial score (nSPS) is 21.1. The minimum atomic E-state index is -3.37. The average Bonchev–Trinajstić information content (AvgIpc) is 3.15. The largest absolute Gasteiger partial charge is 0.377 e. The van der Waals surface area contributed by atoms with Gasteiger partial charge in [0, 0.05) is 26.1 Å². The molecule has 2 heterocycles. The molecule has 1 amide bonds. The number of rotatable bonds is 5. The number of amides is 1. The van der Waals surface area contributed by atoms with Gasteiger partial charge in [-0.1, -0.05) is 12.1 Å². The summed E-state index contributed by atoms with van der Waals surface area (Å²) in [6.07, 6.45) is 2.88. The molecule has 0 bridgehead atoms. The van der Waals surface area contributed by atoms with Crippen LogP contribution in [0.5, 0.6) is 0 Å². The van der Waals surface area contributed by atoms with E-state index in [4.69, 9.17) is 4.74 Å². The number of hydrogen-bond donors (Lipinski definition) is 0. The summed E-state index contributed by atoms with van der Waals surface area (Å²) >= 11 is 0. The van der Waals surface area contributed by atoms with Crippen molar-refractivity contribution in [2.45, 2.75) is 50.0 Å². The second-order valence-electron chi connectivity index (χ2n) is 7.67. The molecule has 0 aromatic heterocycles. The first-order chi connectivity index (χ1) is 12.3. The molecule has 2 aliphatic heterocycles. The van der Waals surface area contributed by atoms with Crippen molar-refractivity contribution >= 4 is 15.9 Å². The zero-order valence-corrected chi connectivity index (χ0v) is 16.4. The number of benzene rings is 1. The van der Waals surface area contributed by atoms with Crippen LogP contribution in [0.2, 0.25) is 0 Å². The lowest BCUT2D eigenvalue weighted by atomic mass is 10.0. The fourth-order valence-electron chi connectivity index (χ4n) is 3.61. The minimum absolute atomic E-state index is 0.118. The molecular weight excluding hydrogens is 352 g/mol. The zero-order valence-electron chi connectivity index (χ0n) is 15.6. The predicted molar refractivity (Wildman–Crippen MR) is 99.4 cm³/mol. The molecule has 0 radical (unpaired) electrons. The van der Waals surface area contributed by atoms with E-state index in [-0.39, 0.29) is 11.4 Å². The molecule has 0 N–H and O–H groups in total. The monoisotopic (exact) mass is 380 g/mol. The van der Waals surface area contributed by atoms with Crippen molar-refractivity contribution in [1.82, 2.24) is 9.21 Å². The Balaban J connectivity index is 1.60. The number of hydrogen-bond acceptors (Lipinski definition) is 4. The van der Waals surface area contributed by atoms with Gasteiger partial charge < -0.3 is 9.64 Å². The lowest BCUT2D eigenvalue weighted by Crippen LogP contribution is -2.55.